The first kappa shape index (κ1) is 10.8. The molecule has 1 aliphatic rings. The lowest BCUT2D eigenvalue weighted by molar-refractivity contribution is 0.548. The van der Waals surface area contributed by atoms with Crippen LogP contribution in [0, 0.1) is 5.92 Å². The maximum atomic E-state index is 4.16. The van der Waals surface area contributed by atoms with E-state index in [0.29, 0.717) is 5.95 Å². The Morgan fingerprint density at radius 3 is 2.93 bits per heavy atom. The summed E-state index contributed by atoms with van der Waals surface area (Å²) < 4.78 is 0.910. The van der Waals surface area contributed by atoms with Crippen molar-refractivity contribution in [3.8, 4) is 0 Å². The van der Waals surface area contributed by atoms with Gasteiger partial charge in [0.2, 0.25) is 5.95 Å². The minimum absolute atomic E-state index is 0.712. The topological polar surface area (TPSA) is 49.8 Å². The number of nitrogens with one attached hydrogen (secondary N) is 2. The summed E-state index contributed by atoms with van der Waals surface area (Å²) in [6.07, 6.45) is 5.99. The SMILES string of the molecule is Brc1cnc(NCCC2CCNC2)nc1. The number of rotatable bonds is 4. The molecule has 0 aliphatic carbocycles. The molecule has 1 fully saturated rings. The highest BCUT2D eigenvalue weighted by Gasteiger charge is 2.13. The van der Waals surface area contributed by atoms with Gasteiger partial charge in [-0.1, -0.05) is 0 Å². The van der Waals surface area contributed by atoms with Crippen LogP contribution in [0.15, 0.2) is 16.9 Å². The quantitative estimate of drug-likeness (QED) is 0.874. The average Bonchev–Trinajstić information content (AvgIpc) is 2.74. The third kappa shape index (κ3) is 3.43. The summed E-state index contributed by atoms with van der Waals surface area (Å²) in [5, 5.41) is 6.59. The number of aromatic nitrogens is 2. The molecule has 82 valence electrons. The van der Waals surface area contributed by atoms with Crippen LogP contribution in [0.25, 0.3) is 0 Å². The number of hydrogen-bond acceptors (Lipinski definition) is 4. The summed E-state index contributed by atoms with van der Waals surface area (Å²) >= 11 is 3.31. The highest BCUT2D eigenvalue weighted by atomic mass is 79.9. The second-order valence-corrected chi connectivity index (χ2v) is 4.71. The first-order valence-electron chi connectivity index (χ1n) is 5.27. The normalized spacial score (nSPS) is 20.5. The van der Waals surface area contributed by atoms with Gasteiger partial charge in [0, 0.05) is 18.9 Å². The Morgan fingerprint density at radius 1 is 1.47 bits per heavy atom. The van der Waals surface area contributed by atoms with Crippen LogP contribution in [-0.4, -0.2) is 29.6 Å². The molecule has 5 heteroatoms. The molecular weight excluding hydrogens is 256 g/mol. The van der Waals surface area contributed by atoms with Crippen LogP contribution in [0.2, 0.25) is 0 Å². The molecule has 1 atom stereocenters. The van der Waals surface area contributed by atoms with E-state index in [1.54, 1.807) is 12.4 Å². The van der Waals surface area contributed by atoms with Crippen LogP contribution in [0.4, 0.5) is 5.95 Å². The number of nitrogens with zero attached hydrogens (tertiary/aromatic N) is 2. The molecular formula is C10H15BrN4. The molecule has 1 aromatic rings. The Hall–Kier alpha value is -0.680. The maximum Gasteiger partial charge on any atom is 0.222 e. The second kappa shape index (κ2) is 5.42. The molecule has 2 heterocycles. The predicted octanol–water partition coefficient (Wildman–Crippen LogP) is 1.65. The molecule has 1 aromatic heterocycles. The van der Waals surface area contributed by atoms with Crippen molar-refractivity contribution in [3.05, 3.63) is 16.9 Å². The molecule has 0 saturated carbocycles. The molecule has 0 radical (unpaired) electrons. The lowest BCUT2D eigenvalue weighted by Gasteiger charge is -2.08. The van der Waals surface area contributed by atoms with Crippen molar-refractivity contribution in [1.29, 1.82) is 0 Å². The van der Waals surface area contributed by atoms with Crippen LogP contribution < -0.4 is 10.6 Å². The van der Waals surface area contributed by atoms with Crippen LogP contribution >= 0.6 is 15.9 Å². The van der Waals surface area contributed by atoms with E-state index in [2.05, 4.69) is 36.5 Å². The van der Waals surface area contributed by atoms with Crippen LogP contribution in [0.5, 0.6) is 0 Å². The Balaban J connectivity index is 1.71. The average molecular weight is 271 g/mol. The number of hydrogen-bond donors (Lipinski definition) is 2. The fourth-order valence-corrected chi connectivity index (χ4v) is 1.96. The second-order valence-electron chi connectivity index (χ2n) is 3.80. The minimum atomic E-state index is 0.712. The molecule has 0 aromatic carbocycles. The Bertz CT molecular complexity index is 295. The predicted molar refractivity (Wildman–Crippen MR) is 63.8 cm³/mol. The molecule has 15 heavy (non-hydrogen) atoms. The van der Waals surface area contributed by atoms with Gasteiger partial charge in [-0.15, -0.1) is 0 Å². The molecule has 4 nitrogen and oxygen atoms in total. The van der Waals surface area contributed by atoms with Gasteiger partial charge in [0.15, 0.2) is 0 Å². The Labute approximate surface area is 98.0 Å². The third-order valence-corrected chi connectivity index (χ3v) is 3.03. The highest BCUT2D eigenvalue weighted by Crippen LogP contribution is 2.12. The van der Waals surface area contributed by atoms with Crippen molar-refractivity contribution in [2.45, 2.75) is 12.8 Å². The smallest absolute Gasteiger partial charge is 0.222 e. The summed E-state index contributed by atoms with van der Waals surface area (Å²) in [5.41, 5.74) is 0. The standard InChI is InChI=1S/C10H15BrN4/c11-9-6-14-10(15-7-9)13-4-2-8-1-3-12-5-8/h6-8,12H,1-5H2,(H,13,14,15). The van der Waals surface area contributed by atoms with Gasteiger partial charge in [-0.25, -0.2) is 9.97 Å². The summed E-state index contributed by atoms with van der Waals surface area (Å²) in [6.45, 7) is 3.27. The van der Waals surface area contributed by atoms with E-state index >= 15 is 0 Å². The monoisotopic (exact) mass is 270 g/mol. The van der Waals surface area contributed by atoms with Crippen molar-refractivity contribution >= 4 is 21.9 Å². The van der Waals surface area contributed by atoms with Crippen LogP contribution in [0.3, 0.4) is 0 Å². The maximum absolute atomic E-state index is 4.16. The summed E-state index contributed by atoms with van der Waals surface area (Å²) in [4.78, 5) is 8.32. The van der Waals surface area contributed by atoms with Gasteiger partial charge >= 0.3 is 0 Å². The molecule has 1 unspecified atom stereocenters. The minimum Gasteiger partial charge on any atom is -0.354 e. The van der Waals surface area contributed by atoms with E-state index in [1.807, 2.05) is 0 Å². The van der Waals surface area contributed by atoms with Gasteiger partial charge in [-0.3, -0.25) is 0 Å². The van der Waals surface area contributed by atoms with Crippen molar-refractivity contribution in [1.82, 2.24) is 15.3 Å². The van der Waals surface area contributed by atoms with Gasteiger partial charge in [0.1, 0.15) is 0 Å². The number of halogens is 1. The van der Waals surface area contributed by atoms with E-state index in [4.69, 9.17) is 0 Å². The van der Waals surface area contributed by atoms with Gasteiger partial charge in [-0.05, 0) is 47.8 Å². The zero-order chi connectivity index (χ0) is 10.5. The zero-order valence-corrected chi connectivity index (χ0v) is 10.1. The molecule has 1 saturated heterocycles. The zero-order valence-electron chi connectivity index (χ0n) is 8.54. The van der Waals surface area contributed by atoms with E-state index < -0.39 is 0 Å². The fraction of sp³-hybridized carbons (Fsp3) is 0.600. The van der Waals surface area contributed by atoms with Gasteiger partial charge in [-0.2, -0.15) is 0 Å². The molecule has 2 N–H and O–H groups in total. The van der Waals surface area contributed by atoms with E-state index in [0.717, 1.165) is 23.5 Å². The summed E-state index contributed by atoms with van der Waals surface area (Å²) in [5.74, 6) is 1.53. The molecule has 0 spiro atoms. The lowest BCUT2D eigenvalue weighted by Crippen LogP contribution is -2.13. The van der Waals surface area contributed by atoms with Gasteiger partial charge in [0.05, 0.1) is 4.47 Å². The summed E-state index contributed by atoms with van der Waals surface area (Å²) in [6, 6.07) is 0. The van der Waals surface area contributed by atoms with Crippen molar-refractivity contribution in [2.75, 3.05) is 25.0 Å². The first-order valence-corrected chi connectivity index (χ1v) is 6.06. The van der Waals surface area contributed by atoms with E-state index in [-0.39, 0.29) is 0 Å². The Morgan fingerprint density at radius 2 is 2.27 bits per heavy atom. The molecule has 0 bridgehead atoms. The van der Waals surface area contributed by atoms with Crippen LogP contribution in [-0.2, 0) is 0 Å². The first-order chi connectivity index (χ1) is 7.34. The van der Waals surface area contributed by atoms with E-state index in [9.17, 15) is 0 Å². The van der Waals surface area contributed by atoms with Crippen molar-refractivity contribution < 1.29 is 0 Å². The highest BCUT2D eigenvalue weighted by molar-refractivity contribution is 9.10. The molecule has 2 rings (SSSR count). The van der Waals surface area contributed by atoms with Crippen molar-refractivity contribution in [2.24, 2.45) is 5.92 Å². The van der Waals surface area contributed by atoms with Gasteiger partial charge < -0.3 is 10.6 Å². The third-order valence-electron chi connectivity index (χ3n) is 2.62. The molecule has 0 amide bonds. The lowest BCUT2D eigenvalue weighted by atomic mass is 10.1. The van der Waals surface area contributed by atoms with Crippen LogP contribution in [0.1, 0.15) is 12.8 Å². The largest absolute Gasteiger partial charge is 0.354 e. The number of anilines is 1. The summed E-state index contributed by atoms with van der Waals surface area (Å²) in [7, 11) is 0. The van der Waals surface area contributed by atoms with Crippen molar-refractivity contribution in [3.63, 3.8) is 0 Å². The molecule has 1 aliphatic heterocycles. The van der Waals surface area contributed by atoms with Gasteiger partial charge in [0.25, 0.3) is 0 Å². The van der Waals surface area contributed by atoms with E-state index in [1.165, 1.54) is 19.4 Å². The fourth-order valence-electron chi connectivity index (χ4n) is 1.75. The Kier molecular flexibility index (Phi) is 3.91.